The van der Waals surface area contributed by atoms with Gasteiger partial charge in [0.05, 0.1) is 18.6 Å². The Labute approximate surface area is 92.6 Å². The highest BCUT2D eigenvalue weighted by Gasteiger charge is 2.10. The van der Waals surface area contributed by atoms with E-state index in [9.17, 15) is 8.78 Å². The molecule has 0 fully saturated rings. The third kappa shape index (κ3) is 1.83. The minimum absolute atomic E-state index is 0.0722. The zero-order valence-electron chi connectivity index (χ0n) is 9.17. The van der Waals surface area contributed by atoms with Crippen LogP contribution in [0.25, 0.3) is 0 Å². The predicted octanol–water partition coefficient (Wildman–Crippen LogP) is 2.83. The molecular weight excluding hydrogens is 210 g/mol. The average Bonchev–Trinajstić information content (AvgIpc) is 2.55. The van der Waals surface area contributed by atoms with Crippen molar-refractivity contribution < 1.29 is 8.78 Å². The van der Waals surface area contributed by atoms with Crippen LogP contribution in [0.4, 0.5) is 8.78 Å². The first-order valence-corrected chi connectivity index (χ1v) is 5.01. The lowest BCUT2D eigenvalue weighted by atomic mass is 10.2. The zero-order chi connectivity index (χ0) is 11.7. The van der Waals surface area contributed by atoms with E-state index in [4.69, 9.17) is 0 Å². The molecule has 0 amide bonds. The second-order valence-electron chi connectivity index (χ2n) is 3.74. The number of benzene rings is 1. The molecule has 84 valence electrons. The Morgan fingerprint density at radius 2 is 1.81 bits per heavy atom. The third-order valence-corrected chi connectivity index (χ3v) is 2.74. The van der Waals surface area contributed by atoms with Gasteiger partial charge in [-0.05, 0) is 26.0 Å². The summed E-state index contributed by atoms with van der Waals surface area (Å²) in [7, 11) is 0. The number of halogens is 2. The van der Waals surface area contributed by atoms with Crippen LogP contribution in [0.5, 0.6) is 0 Å². The van der Waals surface area contributed by atoms with Crippen molar-refractivity contribution in [3.05, 3.63) is 53.1 Å². The lowest BCUT2D eigenvalue weighted by Gasteiger charge is -2.07. The number of aromatic nitrogens is 2. The van der Waals surface area contributed by atoms with Crippen LogP contribution in [0, 0.1) is 25.5 Å². The molecule has 16 heavy (non-hydrogen) atoms. The Kier molecular flexibility index (Phi) is 2.73. The van der Waals surface area contributed by atoms with Gasteiger partial charge in [0.15, 0.2) is 0 Å². The van der Waals surface area contributed by atoms with Gasteiger partial charge >= 0.3 is 0 Å². The molecule has 0 aliphatic heterocycles. The summed E-state index contributed by atoms with van der Waals surface area (Å²) in [5, 5.41) is 0. The monoisotopic (exact) mass is 222 g/mol. The maximum Gasteiger partial charge on any atom is 0.131 e. The number of aryl methyl sites for hydroxylation is 1. The van der Waals surface area contributed by atoms with Gasteiger partial charge in [-0.15, -0.1) is 0 Å². The summed E-state index contributed by atoms with van der Waals surface area (Å²) >= 11 is 0. The van der Waals surface area contributed by atoms with Crippen molar-refractivity contribution in [2.45, 2.75) is 20.4 Å². The molecule has 2 nitrogen and oxygen atoms in total. The molecule has 0 radical (unpaired) electrons. The van der Waals surface area contributed by atoms with Gasteiger partial charge in [-0.2, -0.15) is 0 Å². The van der Waals surface area contributed by atoms with E-state index in [0.29, 0.717) is 0 Å². The molecule has 0 unspecified atom stereocenters. The molecule has 0 atom stereocenters. The molecule has 0 N–H and O–H groups in total. The molecule has 0 bridgehead atoms. The van der Waals surface area contributed by atoms with Crippen molar-refractivity contribution in [3.63, 3.8) is 0 Å². The summed E-state index contributed by atoms with van der Waals surface area (Å²) in [6.45, 7) is 3.91. The Hall–Kier alpha value is -1.71. The summed E-state index contributed by atoms with van der Waals surface area (Å²) in [4.78, 5) is 4.09. The van der Waals surface area contributed by atoms with Crippen LogP contribution >= 0.6 is 0 Å². The number of hydrogen-bond donors (Lipinski definition) is 0. The van der Waals surface area contributed by atoms with E-state index < -0.39 is 11.6 Å². The van der Waals surface area contributed by atoms with Crippen molar-refractivity contribution >= 4 is 0 Å². The Balaban J connectivity index is 2.38. The summed E-state index contributed by atoms with van der Waals surface area (Å²) in [6, 6.07) is 3.88. The van der Waals surface area contributed by atoms with E-state index in [1.54, 1.807) is 10.9 Å². The quantitative estimate of drug-likeness (QED) is 0.764. The molecule has 1 aromatic carbocycles. The fourth-order valence-corrected chi connectivity index (χ4v) is 1.56. The topological polar surface area (TPSA) is 17.8 Å². The van der Waals surface area contributed by atoms with Crippen LogP contribution in [0.1, 0.15) is 17.0 Å². The van der Waals surface area contributed by atoms with Crippen molar-refractivity contribution in [1.29, 1.82) is 0 Å². The molecular formula is C12H12F2N2. The molecule has 2 aromatic rings. The highest BCUT2D eigenvalue weighted by Crippen LogP contribution is 2.15. The van der Waals surface area contributed by atoms with Crippen LogP contribution in [0.3, 0.4) is 0 Å². The summed E-state index contributed by atoms with van der Waals surface area (Å²) < 4.78 is 28.5. The number of rotatable bonds is 2. The maximum atomic E-state index is 13.4. The zero-order valence-corrected chi connectivity index (χ0v) is 9.17. The lowest BCUT2D eigenvalue weighted by Crippen LogP contribution is -2.05. The Bertz CT molecular complexity index is 497. The lowest BCUT2D eigenvalue weighted by molar-refractivity contribution is 0.542. The highest BCUT2D eigenvalue weighted by atomic mass is 19.1. The van der Waals surface area contributed by atoms with Gasteiger partial charge in [0, 0.05) is 11.3 Å². The molecule has 1 heterocycles. The Morgan fingerprint density at radius 1 is 1.19 bits per heavy atom. The first kappa shape index (κ1) is 10.8. The maximum absolute atomic E-state index is 13.4. The van der Waals surface area contributed by atoms with Crippen LogP contribution in [-0.4, -0.2) is 9.55 Å². The van der Waals surface area contributed by atoms with Gasteiger partial charge in [0.1, 0.15) is 11.6 Å². The van der Waals surface area contributed by atoms with Crippen molar-refractivity contribution in [2.24, 2.45) is 0 Å². The van der Waals surface area contributed by atoms with Gasteiger partial charge in [-0.1, -0.05) is 6.07 Å². The van der Waals surface area contributed by atoms with Gasteiger partial charge in [0.25, 0.3) is 0 Å². The second kappa shape index (κ2) is 4.04. The molecule has 0 saturated carbocycles. The molecule has 0 saturated heterocycles. The van der Waals surface area contributed by atoms with Crippen molar-refractivity contribution in [3.8, 4) is 0 Å². The second-order valence-corrected chi connectivity index (χ2v) is 3.74. The Morgan fingerprint density at radius 3 is 2.31 bits per heavy atom. The average molecular weight is 222 g/mol. The minimum atomic E-state index is -0.522. The van der Waals surface area contributed by atoms with Crippen LogP contribution in [-0.2, 0) is 6.54 Å². The fraction of sp³-hybridized carbons (Fsp3) is 0.250. The first-order chi connectivity index (χ1) is 7.59. The molecule has 1 aromatic heterocycles. The van der Waals surface area contributed by atoms with E-state index in [1.165, 1.54) is 18.2 Å². The van der Waals surface area contributed by atoms with Gasteiger partial charge in [-0.25, -0.2) is 13.8 Å². The summed E-state index contributed by atoms with van der Waals surface area (Å²) in [5.41, 5.74) is 1.86. The summed E-state index contributed by atoms with van der Waals surface area (Å²) in [6.07, 6.45) is 1.59. The van der Waals surface area contributed by atoms with E-state index in [-0.39, 0.29) is 12.1 Å². The van der Waals surface area contributed by atoms with Gasteiger partial charge in [-0.3, -0.25) is 0 Å². The first-order valence-electron chi connectivity index (χ1n) is 5.01. The van der Waals surface area contributed by atoms with Gasteiger partial charge < -0.3 is 4.57 Å². The smallest absolute Gasteiger partial charge is 0.131 e. The molecule has 0 aliphatic carbocycles. The van der Waals surface area contributed by atoms with E-state index in [0.717, 1.165) is 11.4 Å². The largest absolute Gasteiger partial charge is 0.330 e. The van der Waals surface area contributed by atoms with E-state index >= 15 is 0 Å². The normalized spacial score (nSPS) is 10.8. The van der Waals surface area contributed by atoms with Crippen LogP contribution in [0.2, 0.25) is 0 Å². The van der Waals surface area contributed by atoms with Crippen molar-refractivity contribution in [2.75, 3.05) is 0 Å². The minimum Gasteiger partial charge on any atom is -0.330 e. The molecule has 0 aliphatic rings. The van der Waals surface area contributed by atoms with Gasteiger partial charge in [0.2, 0.25) is 0 Å². The van der Waals surface area contributed by atoms with Crippen LogP contribution in [0.15, 0.2) is 24.5 Å². The fourth-order valence-electron chi connectivity index (χ4n) is 1.56. The number of imidazole rings is 1. The standard InChI is InChI=1S/C12H12F2N2/c1-8-9(2)16(7-15-8)6-10-11(13)4-3-5-12(10)14/h3-5,7H,6H2,1-2H3. The molecule has 0 spiro atoms. The van der Waals surface area contributed by atoms with Crippen molar-refractivity contribution in [1.82, 2.24) is 9.55 Å². The SMILES string of the molecule is Cc1ncn(Cc2c(F)cccc2F)c1C. The number of hydrogen-bond acceptors (Lipinski definition) is 1. The molecule has 4 heteroatoms. The highest BCUT2D eigenvalue weighted by molar-refractivity contribution is 5.21. The molecule has 2 rings (SSSR count). The van der Waals surface area contributed by atoms with E-state index in [2.05, 4.69) is 4.98 Å². The summed E-state index contributed by atoms with van der Waals surface area (Å²) in [5.74, 6) is -1.04. The predicted molar refractivity (Wildman–Crippen MR) is 57.2 cm³/mol. The van der Waals surface area contributed by atoms with E-state index in [1.807, 2.05) is 13.8 Å². The third-order valence-electron chi connectivity index (χ3n) is 2.74. The number of nitrogens with zero attached hydrogens (tertiary/aromatic N) is 2. The van der Waals surface area contributed by atoms with Crippen LogP contribution < -0.4 is 0 Å².